The zero-order chi connectivity index (χ0) is 19.0. The number of nitrogens with one attached hydrogen (secondary N) is 1. The molecule has 1 aliphatic rings. The molecular weight excluding hydrogens is 362 g/mol. The van der Waals surface area contributed by atoms with Crippen molar-refractivity contribution in [3.05, 3.63) is 71.3 Å². The number of hydrogen-bond acceptors (Lipinski definition) is 4. The van der Waals surface area contributed by atoms with Crippen LogP contribution in [0.4, 0.5) is 5.69 Å². The van der Waals surface area contributed by atoms with Gasteiger partial charge in [-0.2, -0.15) is 0 Å². The molecule has 5 nitrogen and oxygen atoms in total. The molecule has 4 rings (SSSR count). The van der Waals surface area contributed by atoms with E-state index < -0.39 is 16.0 Å². The molecule has 0 heterocycles. The van der Waals surface area contributed by atoms with E-state index in [1.165, 1.54) is 35.4 Å². The summed E-state index contributed by atoms with van der Waals surface area (Å²) in [6.45, 7) is 1.99. The Labute approximate surface area is 158 Å². The van der Waals surface area contributed by atoms with Gasteiger partial charge in [0.25, 0.3) is 10.0 Å². The van der Waals surface area contributed by atoms with Gasteiger partial charge in [-0.25, -0.2) is 13.2 Å². The minimum absolute atomic E-state index is 0.0961. The Morgan fingerprint density at radius 1 is 1.00 bits per heavy atom. The molecule has 6 heteroatoms. The number of ether oxygens (including phenoxy) is 1. The molecule has 138 valence electrons. The van der Waals surface area contributed by atoms with Gasteiger partial charge in [0.1, 0.15) is 0 Å². The van der Waals surface area contributed by atoms with Crippen molar-refractivity contribution in [3.8, 4) is 0 Å². The van der Waals surface area contributed by atoms with Gasteiger partial charge in [-0.3, -0.25) is 4.72 Å². The number of carbonyl (C=O) groups is 1. The third-order valence-corrected chi connectivity index (χ3v) is 6.18. The topological polar surface area (TPSA) is 72.5 Å². The van der Waals surface area contributed by atoms with E-state index in [-0.39, 0.29) is 11.5 Å². The maximum Gasteiger partial charge on any atom is 0.338 e. The van der Waals surface area contributed by atoms with Crippen LogP contribution in [0.1, 0.15) is 28.4 Å². The van der Waals surface area contributed by atoms with Crippen molar-refractivity contribution in [3.63, 3.8) is 0 Å². The lowest BCUT2D eigenvalue weighted by Gasteiger charge is -2.12. The van der Waals surface area contributed by atoms with E-state index in [2.05, 4.69) is 10.8 Å². The number of sulfonamides is 1. The van der Waals surface area contributed by atoms with Crippen LogP contribution in [-0.4, -0.2) is 21.0 Å². The van der Waals surface area contributed by atoms with Gasteiger partial charge in [0.2, 0.25) is 0 Å². The van der Waals surface area contributed by atoms with Crippen LogP contribution in [0.25, 0.3) is 10.8 Å². The molecule has 0 bridgehead atoms. The summed E-state index contributed by atoms with van der Waals surface area (Å²) in [7, 11) is -3.77. The highest BCUT2D eigenvalue weighted by Crippen LogP contribution is 2.35. The van der Waals surface area contributed by atoms with E-state index in [1.807, 2.05) is 24.3 Å². The first-order valence-electron chi connectivity index (χ1n) is 8.83. The quantitative estimate of drug-likeness (QED) is 0.680. The van der Waals surface area contributed by atoms with E-state index >= 15 is 0 Å². The molecule has 3 aromatic rings. The Hall–Kier alpha value is -2.86. The summed E-state index contributed by atoms with van der Waals surface area (Å²) >= 11 is 0. The van der Waals surface area contributed by atoms with E-state index in [0.717, 1.165) is 23.6 Å². The van der Waals surface area contributed by atoms with Crippen molar-refractivity contribution < 1.29 is 17.9 Å². The molecule has 27 heavy (non-hydrogen) atoms. The summed E-state index contributed by atoms with van der Waals surface area (Å²) < 4.78 is 33.2. The summed E-state index contributed by atoms with van der Waals surface area (Å²) in [6, 6.07) is 15.5. The normalized spacial score (nSPS) is 12.9. The van der Waals surface area contributed by atoms with Crippen LogP contribution in [0, 0.1) is 0 Å². The average Bonchev–Trinajstić information content (AvgIpc) is 3.09. The molecule has 0 radical (unpaired) electrons. The molecule has 1 aliphatic carbocycles. The van der Waals surface area contributed by atoms with Crippen molar-refractivity contribution in [1.82, 2.24) is 0 Å². The number of rotatable bonds is 5. The highest BCUT2D eigenvalue weighted by Gasteiger charge is 2.20. The fraction of sp³-hybridized carbons (Fsp3) is 0.190. The van der Waals surface area contributed by atoms with Gasteiger partial charge < -0.3 is 4.74 Å². The zero-order valence-electron chi connectivity index (χ0n) is 14.9. The average molecular weight is 381 g/mol. The predicted octanol–water partition coefficient (Wildman–Crippen LogP) is 3.92. The fourth-order valence-corrected chi connectivity index (χ4v) is 4.60. The van der Waals surface area contributed by atoms with Crippen LogP contribution in [0.3, 0.4) is 0 Å². The van der Waals surface area contributed by atoms with Gasteiger partial charge in [-0.15, -0.1) is 0 Å². The Morgan fingerprint density at radius 3 is 2.41 bits per heavy atom. The van der Waals surface area contributed by atoms with Crippen molar-refractivity contribution in [2.24, 2.45) is 0 Å². The second kappa shape index (κ2) is 6.70. The van der Waals surface area contributed by atoms with Gasteiger partial charge >= 0.3 is 5.97 Å². The number of benzene rings is 3. The molecule has 0 atom stereocenters. The number of hydrogen-bond donors (Lipinski definition) is 1. The van der Waals surface area contributed by atoms with Crippen molar-refractivity contribution in [1.29, 1.82) is 0 Å². The Bertz CT molecular complexity index is 1120. The smallest absolute Gasteiger partial charge is 0.338 e. The summed E-state index contributed by atoms with van der Waals surface area (Å²) in [5.41, 5.74) is 3.39. The highest BCUT2D eigenvalue weighted by molar-refractivity contribution is 7.92. The first-order chi connectivity index (χ1) is 13.0. The first kappa shape index (κ1) is 17.5. The van der Waals surface area contributed by atoms with Gasteiger partial charge in [-0.05, 0) is 66.6 Å². The lowest BCUT2D eigenvalue weighted by atomic mass is 10.0. The maximum absolute atomic E-state index is 12.8. The molecule has 0 aliphatic heterocycles. The number of anilines is 1. The van der Waals surface area contributed by atoms with Crippen molar-refractivity contribution in [2.45, 2.75) is 24.7 Å². The number of esters is 1. The molecule has 0 saturated heterocycles. The molecule has 0 aromatic heterocycles. The highest BCUT2D eigenvalue weighted by atomic mass is 32.2. The molecule has 0 spiro atoms. The predicted molar refractivity (Wildman–Crippen MR) is 105 cm³/mol. The van der Waals surface area contributed by atoms with Crippen molar-refractivity contribution >= 4 is 32.5 Å². The molecule has 3 aromatic carbocycles. The SMILES string of the molecule is CCOC(=O)c1ccc(S(=O)(=O)Nc2ccc3c4c(cccc24)CC3)cc1. The molecule has 0 amide bonds. The van der Waals surface area contributed by atoms with Crippen LogP contribution in [0.2, 0.25) is 0 Å². The fourth-order valence-electron chi connectivity index (χ4n) is 3.52. The Balaban J connectivity index is 1.67. The first-order valence-corrected chi connectivity index (χ1v) is 10.3. The van der Waals surface area contributed by atoms with Crippen molar-refractivity contribution in [2.75, 3.05) is 11.3 Å². The number of aryl methyl sites for hydroxylation is 2. The van der Waals surface area contributed by atoms with E-state index in [9.17, 15) is 13.2 Å². The van der Waals surface area contributed by atoms with Crippen LogP contribution in [-0.2, 0) is 27.6 Å². The Morgan fingerprint density at radius 2 is 1.70 bits per heavy atom. The van der Waals surface area contributed by atoms with Gasteiger partial charge in [0.15, 0.2) is 0 Å². The summed E-state index contributed by atoms with van der Waals surface area (Å²) in [6.07, 6.45) is 1.97. The third-order valence-electron chi connectivity index (χ3n) is 4.80. The van der Waals surface area contributed by atoms with E-state index in [4.69, 9.17) is 4.74 Å². The van der Waals surface area contributed by atoms with Crippen LogP contribution in [0.5, 0.6) is 0 Å². The maximum atomic E-state index is 12.8. The Kier molecular flexibility index (Phi) is 4.36. The molecule has 0 unspecified atom stereocenters. The zero-order valence-corrected chi connectivity index (χ0v) is 15.7. The van der Waals surface area contributed by atoms with Gasteiger partial charge in [0, 0.05) is 5.39 Å². The monoisotopic (exact) mass is 381 g/mol. The van der Waals surface area contributed by atoms with Crippen LogP contribution < -0.4 is 4.72 Å². The molecular formula is C21H19NO4S. The summed E-state index contributed by atoms with van der Waals surface area (Å²) in [5.74, 6) is -0.470. The lowest BCUT2D eigenvalue weighted by Crippen LogP contribution is -2.14. The molecule has 1 N–H and O–H groups in total. The van der Waals surface area contributed by atoms with Crippen LogP contribution in [0.15, 0.2) is 59.5 Å². The largest absolute Gasteiger partial charge is 0.462 e. The molecule has 0 saturated carbocycles. The minimum Gasteiger partial charge on any atom is -0.462 e. The second-order valence-corrected chi connectivity index (χ2v) is 8.14. The summed E-state index contributed by atoms with van der Waals surface area (Å²) in [4.78, 5) is 11.8. The standard InChI is InChI=1S/C21H19NO4S/c1-2-26-21(23)16-8-11-17(12-9-16)27(24,25)22-19-13-10-15-7-6-14-4-3-5-18(19)20(14)15/h3-5,8-13,22H,2,6-7H2,1H3. The van der Waals surface area contributed by atoms with E-state index in [1.54, 1.807) is 6.92 Å². The van der Waals surface area contributed by atoms with Gasteiger partial charge in [-0.1, -0.05) is 24.3 Å². The third kappa shape index (κ3) is 3.17. The molecule has 0 fully saturated rings. The second-order valence-electron chi connectivity index (χ2n) is 6.46. The number of carbonyl (C=O) groups excluding carboxylic acids is 1. The lowest BCUT2D eigenvalue weighted by molar-refractivity contribution is 0.0526. The van der Waals surface area contributed by atoms with Crippen LogP contribution >= 0.6 is 0 Å². The van der Waals surface area contributed by atoms with Gasteiger partial charge in [0.05, 0.1) is 22.8 Å². The summed E-state index contributed by atoms with van der Waals surface area (Å²) in [5, 5.41) is 2.06. The van der Waals surface area contributed by atoms with E-state index in [0.29, 0.717) is 11.3 Å². The minimum atomic E-state index is -3.77.